The lowest BCUT2D eigenvalue weighted by Crippen LogP contribution is -2.16. The van der Waals surface area contributed by atoms with Crippen molar-refractivity contribution in [1.82, 2.24) is 0 Å². The molecule has 0 radical (unpaired) electrons. The number of carbonyl (C=O) groups is 1. The molecule has 74 valence electrons. The number of rotatable bonds is 3. The summed E-state index contributed by atoms with van der Waals surface area (Å²) >= 11 is 0. The summed E-state index contributed by atoms with van der Waals surface area (Å²) in [5, 5.41) is 21.1. The van der Waals surface area contributed by atoms with Gasteiger partial charge in [-0.05, 0) is 6.07 Å². The molecule has 0 unspecified atom stereocenters. The smallest absolute Gasteiger partial charge is 0.292 e. The zero-order valence-corrected chi connectivity index (χ0v) is 7.14. The molecule has 0 aliphatic rings. The fourth-order valence-corrected chi connectivity index (χ4v) is 0.928. The number of hydrogen-bond acceptors (Lipinski definition) is 4. The van der Waals surface area contributed by atoms with Crippen molar-refractivity contribution in [2.24, 2.45) is 0 Å². The van der Waals surface area contributed by atoms with Crippen LogP contribution in [-0.2, 0) is 4.79 Å². The second kappa shape index (κ2) is 4.33. The third-order valence-electron chi connectivity index (χ3n) is 1.52. The topological polar surface area (TPSA) is 92.5 Å². The normalized spacial score (nSPS) is 9.50. The molecule has 1 aromatic carbocycles. The minimum absolute atomic E-state index is 0.0801. The van der Waals surface area contributed by atoms with Gasteiger partial charge >= 0.3 is 0 Å². The number of benzene rings is 1. The van der Waals surface area contributed by atoms with Crippen LogP contribution < -0.4 is 5.32 Å². The van der Waals surface area contributed by atoms with E-state index in [0.717, 1.165) is 0 Å². The molecule has 0 heterocycles. The molecule has 1 rings (SSSR count). The van der Waals surface area contributed by atoms with Gasteiger partial charge in [0.15, 0.2) is 0 Å². The predicted molar refractivity (Wildman–Crippen MR) is 48.8 cm³/mol. The van der Waals surface area contributed by atoms with Crippen LogP contribution in [0.25, 0.3) is 0 Å². The lowest BCUT2D eigenvalue weighted by molar-refractivity contribution is -0.383. The third kappa shape index (κ3) is 2.27. The number of para-hydroxylation sites is 2. The Labute approximate surface area is 79.3 Å². The molecule has 0 aromatic heterocycles. The van der Waals surface area contributed by atoms with Crippen LogP contribution in [0.15, 0.2) is 24.3 Å². The second-order valence-electron chi connectivity index (χ2n) is 2.48. The molecule has 14 heavy (non-hydrogen) atoms. The molecule has 6 nitrogen and oxygen atoms in total. The molecule has 0 saturated heterocycles. The highest BCUT2D eigenvalue weighted by Gasteiger charge is 2.13. The molecule has 1 aromatic rings. The summed E-state index contributed by atoms with van der Waals surface area (Å²) in [6.07, 6.45) is 0. The maximum atomic E-state index is 10.8. The van der Waals surface area contributed by atoms with Crippen LogP contribution in [0.2, 0.25) is 0 Å². The fraction of sp³-hybridized carbons (Fsp3) is 0.125. The van der Waals surface area contributed by atoms with E-state index in [1.165, 1.54) is 18.2 Å². The number of nitrogens with one attached hydrogen (secondary N) is 1. The maximum absolute atomic E-state index is 10.8. The average Bonchev–Trinajstić information content (AvgIpc) is 2.18. The number of nitro groups is 1. The van der Waals surface area contributed by atoms with Crippen LogP contribution in [0.5, 0.6) is 0 Å². The fourth-order valence-electron chi connectivity index (χ4n) is 0.928. The van der Waals surface area contributed by atoms with Crippen LogP contribution in [0.3, 0.4) is 0 Å². The Bertz CT molecular complexity index is 364. The molecule has 0 saturated carbocycles. The summed E-state index contributed by atoms with van der Waals surface area (Å²) in [6, 6.07) is 5.71. The van der Waals surface area contributed by atoms with Gasteiger partial charge in [-0.3, -0.25) is 14.9 Å². The summed E-state index contributed by atoms with van der Waals surface area (Å²) < 4.78 is 0. The highest BCUT2D eigenvalue weighted by molar-refractivity contribution is 5.93. The van der Waals surface area contributed by atoms with E-state index in [1.807, 2.05) is 0 Å². The first-order valence-corrected chi connectivity index (χ1v) is 3.79. The van der Waals surface area contributed by atoms with Crippen molar-refractivity contribution in [3.63, 3.8) is 0 Å². The zero-order chi connectivity index (χ0) is 10.6. The Balaban J connectivity index is 2.95. The minimum atomic E-state index is -0.702. The third-order valence-corrected chi connectivity index (χ3v) is 1.52. The molecule has 0 atom stereocenters. The molecular weight excluding hydrogens is 188 g/mol. The lowest BCUT2D eigenvalue weighted by Gasteiger charge is -2.02. The van der Waals surface area contributed by atoms with Gasteiger partial charge in [0.2, 0.25) is 5.91 Å². The Morgan fingerprint density at radius 2 is 2.14 bits per heavy atom. The van der Waals surface area contributed by atoms with E-state index in [0.29, 0.717) is 0 Å². The van der Waals surface area contributed by atoms with Gasteiger partial charge in [-0.15, -0.1) is 0 Å². The number of carbonyl (C=O) groups excluding carboxylic acids is 1. The number of nitro benzene ring substituents is 1. The van der Waals surface area contributed by atoms with E-state index in [9.17, 15) is 14.9 Å². The minimum Gasteiger partial charge on any atom is -0.387 e. The van der Waals surface area contributed by atoms with Crippen LogP contribution in [0.1, 0.15) is 0 Å². The molecule has 0 aliphatic heterocycles. The first-order valence-electron chi connectivity index (χ1n) is 3.79. The summed E-state index contributed by atoms with van der Waals surface area (Å²) in [5.41, 5.74) is -0.120. The van der Waals surface area contributed by atoms with Crippen LogP contribution >= 0.6 is 0 Å². The van der Waals surface area contributed by atoms with E-state index >= 15 is 0 Å². The van der Waals surface area contributed by atoms with E-state index < -0.39 is 17.4 Å². The van der Waals surface area contributed by atoms with Crippen LogP contribution in [0.4, 0.5) is 11.4 Å². The molecule has 6 heteroatoms. The quantitative estimate of drug-likeness (QED) is 0.544. The summed E-state index contributed by atoms with van der Waals surface area (Å²) in [4.78, 5) is 20.7. The molecule has 0 bridgehead atoms. The molecule has 0 spiro atoms. The van der Waals surface area contributed by atoms with Gasteiger partial charge in [0.1, 0.15) is 12.3 Å². The molecule has 1 amide bonds. The maximum Gasteiger partial charge on any atom is 0.292 e. The van der Waals surface area contributed by atoms with Gasteiger partial charge < -0.3 is 10.4 Å². The van der Waals surface area contributed by atoms with Crippen molar-refractivity contribution < 1.29 is 14.8 Å². The van der Waals surface area contributed by atoms with Crippen LogP contribution in [-0.4, -0.2) is 22.5 Å². The number of aliphatic hydroxyl groups is 1. The van der Waals surface area contributed by atoms with E-state index in [2.05, 4.69) is 5.32 Å². The second-order valence-corrected chi connectivity index (χ2v) is 2.48. The van der Waals surface area contributed by atoms with Gasteiger partial charge in [0.25, 0.3) is 5.69 Å². The standard InChI is InChI=1S/C8H8N2O4/c11-5-8(12)9-6-3-1-2-4-7(6)10(13)14/h1-4,11H,5H2,(H,9,12). The van der Waals surface area contributed by atoms with E-state index in [4.69, 9.17) is 5.11 Å². The monoisotopic (exact) mass is 196 g/mol. The van der Waals surface area contributed by atoms with Crippen molar-refractivity contribution in [2.75, 3.05) is 11.9 Å². The summed E-state index contributed by atoms with van der Waals surface area (Å²) in [5.74, 6) is -0.681. The molecular formula is C8H8N2O4. The Morgan fingerprint density at radius 1 is 1.50 bits per heavy atom. The van der Waals surface area contributed by atoms with Crippen LogP contribution in [0, 0.1) is 10.1 Å². The lowest BCUT2D eigenvalue weighted by atomic mass is 10.2. The van der Waals surface area contributed by atoms with Gasteiger partial charge in [0.05, 0.1) is 4.92 Å². The highest BCUT2D eigenvalue weighted by atomic mass is 16.6. The van der Waals surface area contributed by atoms with Crippen molar-refractivity contribution in [3.05, 3.63) is 34.4 Å². The Kier molecular flexibility index (Phi) is 3.14. The van der Waals surface area contributed by atoms with Gasteiger partial charge in [-0.2, -0.15) is 0 Å². The zero-order valence-electron chi connectivity index (χ0n) is 7.14. The molecule has 0 aliphatic carbocycles. The first kappa shape index (κ1) is 10.1. The number of amides is 1. The van der Waals surface area contributed by atoms with Gasteiger partial charge in [-0.25, -0.2) is 0 Å². The van der Waals surface area contributed by atoms with Gasteiger partial charge in [0, 0.05) is 6.07 Å². The molecule has 0 fully saturated rings. The number of nitrogens with zero attached hydrogens (tertiary/aromatic N) is 1. The number of hydrogen-bond donors (Lipinski definition) is 2. The Morgan fingerprint density at radius 3 is 2.71 bits per heavy atom. The van der Waals surface area contributed by atoms with Crippen molar-refractivity contribution >= 4 is 17.3 Å². The predicted octanol–water partition coefficient (Wildman–Crippen LogP) is 0.526. The van der Waals surface area contributed by atoms with E-state index in [-0.39, 0.29) is 11.4 Å². The average molecular weight is 196 g/mol. The van der Waals surface area contributed by atoms with Crippen molar-refractivity contribution in [2.45, 2.75) is 0 Å². The SMILES string of the molecule is O=C(CO)Nc1ccccc1[N+](=O)[O-]. The first-order chi connectivity index (χ1) is 6.65. The van der Waals surface area contributed by atoms with E-state index in [1.54, 1.807) is 6.07 Å². The number of anilines is 1. The van der Waals surface area contributed by atoms with Crippen molar-refractivity contribution in [3.8, 4) is 0 Å². The van der Waals surface area contributed by atoms with Crippen molar-refractivity contribution in [1.29, 1.82) is 0 Å². The molecule has 2 N–H and O–H groups in total. The number of aliphatic hydroxyl groups excluding tert-OH is 1. The Hall–Kier alpha value is -1.95. The highest BCUT2D eigenvalue weighted by Crippen LogP contribution is 2.22. The summed E-state index contributed by atoms with van der Waals surface area (Å²) in [6.45, 7) is -0.702. The van der Waals surface area contributed by atoms with Gasteiger partial charge in [-0.1, -0.05) is 12.1 Å². The largest absolute Gasteiger partial charge is 0.387 e. The summed E-state index contributed by atoms with van der Waals surface area (Å²) in [7, 11) is 0.